The van der Waals surface area contributed by atoms with Crippen molar-refractivity contribution < 1.29 is 21.2 Å². The molecule has 0 bridgehead atoms. The van der Waals surface area contributed by atoms with Gasteiger partial charge < -0.3 is 12.4 Å². The fraction of sp³-hybridized carbons (Fsp3) is 0.667. The van der Waals surface area contributed by atoms with E-state index in [4.69, 9.17) is 15.8 Å². The van der Waals surface area contributed by atoms with E-state index in [-0.39, 0.29) is 12.4 Å². The van der Waals surface area contributed by atoms with Gasteiger partial charge in [0.25, 0.3) is 0 Å². The highest BCUT2D eigenvalue weighted by atomic mass is 36.0. The van der Waals surface area contributed by atoms with Crippen molar-refractivity contribution in [1.82, 2.24) is 0 Å². The molecule has 0 saturated heterocycles. The quantitative estimate of drug-likeness (QED) is 0.292. The first-order valence-electron chi connectivity index (χ1n) is 1.85. The molecule has 0 N–H and O–H groups in total. The average Bonchev–Trinajstić information content (AvgIpc) is 1.65. The molecule has 0 radical (unpaired) electrons. The fourth-order valence-electron chi connectivity index (χ4n) is 0. The lowest BCUT2D eigenvalue weighted by atomic mass is 11.1. The van der Waals surface area contributed by atoms with Gasteiger partial charge in [0, 0.05) is 21.4 Å². The molecule has 0 atom stereocenters. The molecule has 0 aliphatic carbocycles. The summed E-state index contributed by atoms with van der Waals surface area (Å²) in [5, 5.41) is 0. The highest BCUT2D eigenvalue weighted by Crippen LogP contribution is 1.89. The van der Waals surface area contributed by atoms with Crippen molar-refractivity contribution in [1.29, 1.82) is 0 Å². The molecule has 0 fully saturated rings. The predicted molar refractivity (Wildman–Crippen MR) is 43.9 cm³/mol. The van der Waals surface area contributed by atoms with E-state index < -0.39 is 9.23 Å². The molecule has 2 nitrogen and oxygen atoms in total. The summed E-state index contributed by atoms with van der Waals surface area (Å²) in [5.41, 5.74) is 1.47. The molecule has 64 valence electrons. The zero-order valence-corrected chi connectivity index (χ0v) is 9.19. The zero-order chi connectivity index (χ0) is 7.86. The van der Waals surface area contributed by atoms with Crippen LogP contribution in [0.15, 0.2) is 0 Å². The van der Waals surface area contributed by atoms with Crippen LogP contribution < -0.4 is 12.4 Å². The van der Waals surface area contributed by atoms with Crippen molar-refractivity contribution in [2.45, 2.75) is 0 Å². The molecule has 0 aromatic heterocycles. The molecule has 0 rings (SSSR count). The van der Waals surface area contributed by atoms with Gasteiger partial charge in [0.2, 0.25) is 14.9 Å². The van der Waals surface area contributed by atoms with E-state index in [0.29, 0.717) is 0 Å². The third kappa shape index (κ3) is 64.4. The third-order valence-corrected chi connectivity index (χ3v) is 0.586. The van der Waals surface area contributed by atoms with Crippen LogP contribution in [-0.4, -0.2) is 28.6 Å². The van der Waals surface area contributed by atoms with Gasteiger partial charge in [-0.1, -0.05) is 0 Å². The lowest BCUT2D eigenvalue weighted by Crippen LogP contribution is -3.00. The number of nitrogens with zero attached hydrogens (tertiary/aromatic N) is 1. The maximum atomic E-state index is 9.09. The minimum atomic E-state index is -1.67. The summed E-state index contributed by atoms with van der Waals surface area (Å²) in [6, 6.07) is 0. The van der Waals surface area contributed by atoms with E-state index in [1.807, 2.05) is 14.1 Å². The Morgan fingerprint density at radius 3 is 1.50 bits per heavy atom. The normalized spacial score (nSPS) is 7.00. The molecule has 0 amide bonds. The van der Waals surface area contributed by atoms with E-state index in [2.05, 4.69) is 21.4 Å². The molecular formula is C3H7Cl4NOS. The van der Waals surface area contributed by atoms with Crippen molar-refractivity contribution in [2.24, 2.45) is 0 Å². The lowest BCUT2D eigenvalue weighted by Gasteiger charge is -1.70. The van der Waals surface area contributed by atoms with Gasteiger partial charge in [0.15, 0.2) is 0 Å². The molecule has 0 aliphatic rings. The van der Waals surface area contributed by atoms with Crippen LogP contribution in [0.4, 0.5) is 0 Å². The van der Waals surface area contributed by atoms with Gasteiger partial charge in [-0.05, 0) is 11.6 Å². The Kier molecular flexibility index (Phi) is 21.7. The summed E-state index contributed by atoms with van der Waals surface area (Å²) in [7, 11) is 11.1. The van der Waals surface area contributed by atoms with E-state index in [9.17, 15) is 0 Å². The molecule has 0 saturated carbocycles. The highest BCUT2D eigenvalue weighted by molar-refractivity contribution is 8.26. The molecule has 0 spiro atoms. The third-order valence-electron chi connectivity index (χ3n) is 0.195. The van der Waals surface area contributed by atoms with Crippen molar-refractivity contribution in [3.8, 4) is 0 Å². The maximum Gasteiger partial charge on any atom is 0.232 e. The van der Waals surface area contributed by atoms with Crippen molar-refractivity contribution in [3.05, 3.63) is 0 Å². The van der Waals surface area contributed by atoms with Crippen LogP contribution in [0.25, 0.3) is 0 Å². The first-order chi connectivity index (χ1) is 4.00. The van der Waals surface area contributed by atoms with Crippen LogP contribution in [0.5, 0.6) is 0 Å². The van der Waals surface area contributed by atoms with Crippen molar-refractivity contribution in [3.63, 3.8) is 0 Å². The molecule has 0 aliphatic heterocycles. The SMILES string of the molecule is C[N+](C)=CCl.O=S(Cl)Cl.[Cl-]. The van der Waals surface area contributed by atoms with E-state index >= 15 is 0 Å². The fourth-order valence-corrected chi connectivity index (χ4v) is 0. The van der Waals surface area contributed by atoms with E-state index in [0.717, 1.165) is 0 Å². The van der Waals surface area contributed by atoms with Crippen molar-refractivity contribution in [2.75, 3.05) is 14.1 Å². The van der Waals surface area contributed by atoms with Gasteiger partial charge in [-0.2, -0.15) is 0 Å². The number of hydrogen-bond donors (Lipinski definition) is 0. The van der Waals surface area contributed by atoms with Crippen LogP contribution in [0, 0.1) is 0 Å². The molecule has 0 aromatic carbocycles. The summed E-state index contributed by atoms with van der Waals surface area (Å²) in [4.78, 5) is 0. The minimum absolute atomic E-state index is 0. The van der Waals surface area contributed by atoms with E-state index in [1.165, 1.54) is 5.67 Å². The van der Waals surface area contributed by atoms with Gasteiger partial charge in [-0.25, -0.2) is 8.78 Å². The molecule has 0 heterocycles. The Balaban J connectivity index is -0.0000000910. The Bertz CT molecular complexity index is 109. The van der Waals surface area contributed by atoms with Crippen molar-refractivity contribution >= 4 is 47.9 Å². The second-order valence-corrected chi connectivity index (χ2v) is 3.96. The number of rotatable bonds is 0. The molecule has 0 unspecified atom stereocenters. The summed E-state index contributed by atoms with van der Waals surface area (Å²) >= 11 is 5.14. The summed E-state index contributed by atoms with van der Waals surface area (Å²) in [6.07, 6.45) is 0. The van der Waals surface area contributed by atoms with Crippen LogP contribution in [0.3, 0.4) is 0 Å². The predicted octanol–water partition coefficient (Wildman–Crippen LogP) is -1.43. The maximum absolute atomic E-state index is 9.09. The summed E-state index contributed by atoms with van der Waals surface area (Å²) in [6.45, 7) is 0. The van der Waals surface area contributed by atoms with Gasteiger partial charge in [-0.3, -0.25) is 0 Å². The van der Waals surface area contributed by atoms with Gasteiger partial charge in [-0.15, -0.1) is 0 Å². The molecule has 7 heteroatoms. The summed E-state index contributed by atoms with van der Waals surface area (Å²) in [5.74, 6) is 0. The molecular weight excluding hydrogens is 240 g/mol. The summed E-state index contributed by atoms with van der Waals surface area (Å²) < 4.78 is 10.9. The van der Waals surface area contributed by atoms with E-state index in [1.54, 1.807) is 4.58 Å². The minimum Gasteiger partial charge on any atom is -1.00 e. The Morgan fingerprint density at radius 2 is 1.50 bits per heavy atom. The highest BCUT2D eigenvalue weighted by Gasteiger charge is 1.68. The second kappa shape index (κ2) is 12.6. The standard InChI is InChI=1S/C3H7ClN.Cl2OS.ClH/c1-5(2)3-4;1-4(2)3;/h3H,1-2H3;;1H/q+1;;/p-1. The van der Waals surface area contributed by atoms with Crippen LogP contribution in [0.2, 0.25) is 0 Å². The second-order valence-electron chi connectivity index (χ2n) is 1.25. The van der Waals surface area contributed by atoms with Gasteiger partial charge in [0.05, 0.1) is 0 Å². The van der Waals surface area contributed by atoms with Crippen LogP contribution >= 0.6 is 33.0 Å². The topological polar surface area (TPSA) is 20.1 Å². The average molecular weight is 247 g/mol. The molecule has 0 aromatic rings. The van der Waals surface area contributed by atoms with Gasteiger partial charge in [0.1, 0.15) is 14.1 Å². The largest absolute Gasteiger partial charge is 1.00 e. The molecule has 10 heavy (non-hydrogen) atoms. The van der Waals surface area contributed by atoms with Crippen LogP contribution in [-0.2, 0) is 9.23 Å². The lowest BCUT2D eigenvalue weighted by molar-refractivity contribution is -0.457. The Morgan fingerprint density at radius 1 is 1.40 bits per heavy atom. The Labute approximate surface area is 83.0 Å². The number of halogens is 4. The first kappa shape index (κ1) is 17.2. The monoisotopic (exact) mass is 245 g/mol. The smallest absolute Gasteiger partial charge is 0.232 e. The number of hydrogen-bond acceptors (Lipinski definition) is 1. The first-order valence-corrected chi connectivity index (χ1v) is 5.08. The van der Waals surface area contributed by atoms with Gasteiger partial charge >= 0.3 is 0 Å². The Hall–Kier alpha value is 0.980. The van der Waals surface area contributed by atoms with Crippen LogP contribution in [0.1, 0.15) is 0 Å². The zero-order valence-electron chi connectivity index (χ0n) is 5.35.